The summed E-state index contributed by atoms with van der Waals surface area (Å²) in [5, 5.41) is 0.923. The van der Waals surface area contributed by atoms with E-state index in [0.29, 0.717) is 5.75 Å². The van der Waals surface area contributed by atoms with Crippen LogP contribution in [0.3, 0.4) is 0 Å². The van der Waals surface area contributed by atoms with Crippen LogP contribution >= 0.6 is 0 Å². The van der Waals surface area contributed by atoms with E-state index in [4.69, 9.17) is 14.2 Å². The van der Waals surface area contributed by atoms with Gasteiger partial charge in [0, 0.05) is 32.1 Å². The van der Waals surface area contributed by atoms with Crippen molar-refractivity contribution in [1.29, 1.82) is 0 Å². The summed E-state index contributed by atoms with van der Waals surface area (Å²) in [5.41, 5.74) is 1.14. The van der Waals surface area contributed by atoms with Gasteiger partial charge in [-0.2, -0.15) is 0 Å². The summed E-state index contributed by atoms with van der Waals surface area (Å²) in [5.74, 6) is 0.346. The zero-order valence-electron chi connectivity index (χ0n) is 19.5. The van der Waals surface area contributed by atoms with Crippen molar-refractivity contribution in [3.05, 3.63) is 30.0 Å². The molecule has 2 atom stereocenters. The number of aromatic nitrogens is 1. The van der Waals surface area contributed by atoms with Crippen molar-refractivity contribution < 1.29 is 23.8 Å². The smallest absolute Gasteiger partial charge is 0.328 e. The Labute approximate surface area is 183 Å². The predicted molar refractivity (Wildman–Crippen MR) is 118 cm³/mol. The molecule has 1 amide bonds. The van der Waals surface area contributed by atoms with Crippen molar-refractivity contribution in [3.8, 4) is 5.75 Å². The number of hydrogen-bond acceptors (Lipinski definition) is 6. The zero-order chi connectivity index (χ0) is 22.9. The van der Waals surface area contributed by atoms with Gasteiger partial charge in [-0.25, -0.2) is 4.79 Å². The molecule has 8 nitrogen and oxygen atoms in total. The highest BCUT2D eigenvalue weighted by atomic mass is 16.8. The van der Waals surface area contributed by atoms with Gasteiger partial charge >= 0.3 is 12.0 Å². The van der Waals surface area contributed by atoms with Gasteiger partial charge in [0.25, 0.3) is 0 Å². The van der Waals surface area contributed by atoms with Crippen LogP contribution in [0, 0.1) is 0 Å². The highest BCUT2D eigenvalue weighted by Gasteiger charge is 2.37. The number of carbonyl (C=O) groups is 2. The molecule has 0 bridgehead atoms. The fourth-order valence-corrected chi connectivity index (χ4v) is 3.33. The van der Waals surface area contributed by atoms with Crippen molar-refractivity contribution in [2.45, 2.75) is 52.0 Å². The molecule has 1 aromatic carbocycles. The molecule has 0 aliphatic carbocycles. The van der Waals surface area contributed by atoms with Crippen molar-refractivity contribution in [3.63, 3.8) is 0 Å². The summed E-state index contributed by atoms with van der Waals surface area (Å²) in [7, 11) is 5.76. The van der Waals surface area contributed by atoms with E-state index in [1.165, 1.54) is 6.92 Å². The topological polar surface area (TPSA) is 76.5 Å². The van der Waals surface area contributed by atoms with Crippen molar-refractivity contribution in [2.24, 2.45) is 0 Å². The molecule has 0 N–H and O–H groups in total. The second kappa shape index (κ2) is 8.88. The summed E-state index contributed by atoms with van der Waals surface area (Å²) >= 11 is 0. The molecule has 1 aliphatic rings. The minimum atomic E-state index is -0.672. The van der Waals surface area contributed by atoms with Gasteiger partial charge in [0.1, 0.15) is 18.5 Å². The molecular formula is C23H33N3O5. The SMILES string of the molecule is CC(=O)OCC(C)(C)N(C)C(=O)n1cc(CCN(C)C)c2c(OC3OC3C)cccc21. The van der Waals surface area contributed by atoms with Gasteiger partial charge < -0.3 is 24.0 Å². The molecule has 3 rings (SSSR count). The van der Waals surface area contributed by atoms with Crippen LogP contribution in [0.15, 0.2) is 24.4 Å². The Morgan fingerprint density at radius 3 is 2.48 bits per heavy atom. The van der Waals surface area contributed by atoms with E-state index >= 15 is 0 Å². The third-order valence-electron chi connectivity index (χ3n) is 5.63. The summed E-state index contributed by atoms with van der Waals surface area (Å²) in [6.07, 6.45) is 2.47. The van der Waals surface area contributed by atoms with Crippen molar-refractivity contribution in [1.82, 2.24) is 14.4 Å². The van der Waals surface area contributed by atoms with E-state index < -0.39 is 5.54 Å². The van der Waals surface area contributed by atoms with Gasteiger partial charge in [-0.1, -0.05) is 6.07 Å². The van der Waals surface area contributed by atoms with Crippen LogP contribution in [0.2, 0.25) is 0 Å². The molecule has 170 valence electrons. The minimum Gasteiger partial charge on any atom is -0.463 e. The van der Waals surface area contributed by atoms with E-state index in [1.54, 1.807) is 16.5 Å². The highest BCUT2D eigenvalue weighted by Crippen LogP contribution is 2.35. The maximum atomic E-state index is 13.5. The molecule has 1 saturated heterocycles. The fraction of sp³-hybridized carbons (Fsp3) is 0.565. The summed E-state index contributed by atoms with van der Waals surface area (Å²) in [6, 6.07) is 5.52. The van der Waals surface area contributed by atoms with Gasteiger partial charge in [0.2, 0.25) is 6.29 Å². The van der Waals surface area contributed by atoms with E-state index in [1.807, 2.05) is 59.3 Å². The van der Waals surface area contributed by atoms with Gasteiger partial charge in [-0.05, 0) is 59.0 Å². The zero-order valence-corrected chi connectivity index (χ0v) is 19.5. The average molecular weight is 432 g/mol. The number of likely N-dealkylation sites (N-methyl/N-ethyl adjacent to an activating group) is 2. The fourth-order valence-electron chi connectivity index (χ4n) is 3.33. The Kier molecular flexibility index (Phi) is 6.62. The molecule has 1 aromatic heterocycles. The van der Waals surface area contributed by atoms with Crippen LogP contribution in [-0.4, -0.2) is 78.6 Å². The predicted octanol–water partition coefficient (Wildman–Crippen LogP) is 3.11. The third-order valence-corrected chi connectivity index (χ3v) is 5.63. The number of carbonyl (C=O) groups excluding carboxylic acids is 2. The Morgan fingerprint density at radius 1 is 1.23 bits per heavy atom. The van der Waals surface area contributed by atoms with Gasteiger partial charge in [0.15, 0.2) is 0 Å². The van der Waals surface area contributed by atoms with E-state index in [2.05, 4.69) is 4.90 Å². The maximum absolute atomic E-state index is 13.5. The number of amides is 1. The minimum absolute atomic E-state index is 0.0670. The van der Waals surface area contributed by atoms with Gasteiger partial charge in [0.05, 0.1) is 11.1 Å². The first-order valence-corrected chi connectivity index (χ1v) is 10.5. The second-order valence-corrected chi connectivity index (χ2v) is 8.99. The van der Waals surface area contributed by atoms with E-state index in [9.17, 15) is 9.59 Å². The molecule has 0 spiro atoms. The normalized spacial score (nSPS) is 18.3. The number of fused-ring (bicyclic) bond motifs is 1. The monoisotopic (exact) mass is 431 g/mol. The average Bonchev–Trinajstić information content (AvgIpc) is 3.26. The van der Waals surface area contributed by atoms with Crippen LogP contribution < -0.4 is 4.74 Å². The molecule has 0 saturated carbocycles. The van der Waals surface area contributed by atoms with Gasteiger partial charge in [-0.3, -0.25) is 9.36 Å². The van der Waals surface area contributed by atoms with Crippen LogP contribution in [0.4, 0.5) is 4.79 Å². The first-order chi connectivity index (χ1) is 14.5. The van der Waals surface area contributed by atoms with Crippen molar-refractivity contribution >= 4 is 22.9 Å². The molecule has 1 aliphatic heterocycles. The lowest BCUT2D eigenvalue weighted by atomic mass is 10.1. The number of benzene rings is 1. The van der Waals surface area contributed by atoms with Crippen molar-refractivity contribution in [2.75, 3.05) is 34.3 Å². The molecule has 1 fully saturated rings. The largest absolute Gasteiger partial charge is 0.463 e. The highest BCUT2D eigenvalue weighted by molar-refractivity contribution is 5.97. The van der Waals surface area contributed by atoms with Gasteiger partial charge in [-0.15, -0.1) is 0 Å². The number of esters is 1. The second-order valence-electron chi connectivity index (χ2n) is 8.99. The lowest BCUT2D eigenvalue weighted by Gasteiger charge is -2.35. The lowest BCUT2D eigenvalue weighted by Crippen LogP contribution is -2.50. The first kappa shape index (κ1) is 23.1. The number of ether oxygens (including phenoxy) is 3. The van der Waals surface area contributed by atoms with E-state index in [-0.39, 0.29) is 31.0 Å². The molecule has 2 aromatic rings. The molecule has 8 heteroatoms. The van der Waals surface area contributed by atoms with Crippen LogP contribution in [0.5, 0.6) is 5.75 Å². The van der Waals surface area contributed by atoms with Crippen LogP contribution in [0.1, 0.15) is 33.3 Å². The maximum Gasteiger partial charge on any atom is 0.328 e. The Hall–Kier alpha value is -2.58. The Bertz CT molecular complexity index is 966. The number of rotatable bonds is 8. The summed E-state index contributed by atoms with van der Waals surface area (Å²) in [4.78, 5) is 28.4. The molecule has 0 radical (unpaired) electrons. The summed E-state index contributed by atoms with van der Waals surface area (Å²) in [6.45, 7) is 8.01. The Morgan fingerprint density at radius 2 is 1.90 bits per heavy atom. The number of epoxide rings is 1. The Balaban J connectivity index is 1.98. The summed E-state index contributed by atoms with van der Waals surface area (Å²) < 4.78 is 18.3. The molecule has 2 unspecified atom stereocenters. The number of nitrogens with zero attached hydrogens (tertiary/aromatic N) is 3. The standard InChI is InChI=1S/C23H33N3O5/c1-15-21(30-15)31-19-10-8-9-18-20(19)17(11-12-24(5)6)13-26(18)22(28)25(7)23(3,4)14-29-16(2)27/h8-10,13,15,21H,11-12,14H2,1-7H3. The van der Waals surface area contributed by atoms with Crippen LogP contribution in [-0.2, 0) is 20.7 Å². The molecule has 31 heavy (non-hydrogen) atoms. The quantitative estimate of drug-likeness (QED) is 0.472. The first-order valence-electron chi connectivity index (χ1n) is 10.5. The molecular weight excluding hydrogens is 398 g/mol. The molecule has 2 heterocycles. The number of hydrogen-bond donors (Lipinski definition) is 0. The lowest BCUT2D eigenvalue weighted by molar-refractivity contribution is -0.144. The van der Waals surface area contributed by atoms with E-state index in [0.717, 1.165) is 29.4 Å². The third kappa shape index (κ3) is 5.19. The van der Waals surface area contributed by atoms with Crippen LogP contribution in [0.25, 0.3) is 10.9 Å².